The van der Waals surface area contributed by atoms with E-state index < -0.39 is 0 Å². The highest BCUT2D eigenvalue weighted by molar-refractivity contribution is 6.35. The van der Waals surface area contributed by atoms with Crippen LogP contribution < -0.4 is 10.1 Å². The van der Waals surface area contributed by atoms with Gasteiger partial charge in [-0.1, -0.05) is 42.5 Å². The number of hydrogen-bond acceptors (Lipinski definition) is 2. The summed E-state index contributed by atoms with van der Waals surface area (Å²) in [6.07, 6.45) is 6.54. The normalized spacial score (nSPS) is 16.6. The summed E-state index contributed by atoms with van der Waals surface area (Å²) in [7, 11) is 0. The Balaban J connectivity index is 2.04. The summed E-state index contributed by atoms with van der Waals surface area (Å²) in [6.45, 7) is 3.33. The van der Waals surface area contributed by atoms with Gasteiger partial charge in [-0.05, 0) is 31.9 Å². The molecule has 0 heterocycles. The maximum absolute atomic E-state index is 6.20. The molecule has 106 valence electrons. The molecule has 0 unspecified atom stereocenters. The minimum absolute atomic E-state index is 0.592. The van der Waals surface area contributed by atoms with E-state index in [-0.39, 0.29) is 0 Å². The van der Waals surface area contributed by atoms with E-state index in [0.29, 0.717) is 22.7 Å². The molecular formula is C15H21Cl2NO. The molecule has 0 aliphatic heterocycles. The Labute approximate surface area is 125 Å². The predicted molar refractivity (Wildman–Crippen MR) is 81.3 cm³/mol. The Morgan fingerprint density at radius 2 is 1.95 bits per heavy atom. The summed E-state index contributed by atoms with van der Waals surface area (Å²) in [6, 6.07) is 4.29. The molecule has 0 spiro atoms. The van der Waals surface area contributed by atoms with Gasteiger partial charge in [0, 0.05) is 23.2 Å². The first-order valence-electron chi connectivity index (χ1n) is 7.04. The Morgan fingerprint density at radius 1 is 1.21 bits per heavy atom. The molecule has 1 aliphatic carbocycles. The molecule has 0 bridgehead atoms. The summed E-state index contributed by atoms with van der Waals surface area (Å²) in [5.74, 6) is 0.761. The maximum atomic E-state index is 6.20. The second kappa shape index (κ2) is 7.37. The number of nitrogens with one attached hydrogen (secondary N) is 1. The zero-order chi connectivity index (χ0) is 13.7. The van der Waals surface area contributed by atoms with Crippen LogP contribution in [0.3, 0.4) is 0 Å². The molecule has 1 fully saturated rings. The van der Waals surface area contributed by atoms with Crippen LogP contribution in [0.15, 0.2) is 12.1 Å². The predicted octanol–water partition coefficient (Wildman–Crippen LogP) is 4.81. The minimum Gasteiger partial charge on any atom is -0.492 e. The van der Waals surface area contributed by atoms with Gasteiger partial charge in [0.2, 0.25) is 0 Å². The molecule has 2 rings (SSSR count). The third-order valence-corrected chi connectivity index (χ3v) is 4.06. The van der Waals surface area contributed by atoms with E-state index >= 15 is 0 Å². The molecule has 0 aromatic heterocycles. The van der Waals surface area contributed by atoms with Crippen LogP contribution >= 0.6 is 23.2 Å². The number of rotatable bonds is 5. The molecule has 0 radical (unpaired) electrons. The molecule has 0 atom stereocenters. The fourth-order valence-corrected chi connectivity index (χ4v) is 3.20. The molecule has 1 saturated carbocycles. The first kappa shape index (κ1) is 15.0. The number of benzene rings is 1. The van der Waals surface area contributed by atoms with E-state index in [9.17, 15) is 0 Å². The lowest BCUT2D eigenvalue weighted by atomic mass is 9.95. The first-order valence-corrected chi connectivity index (χ1v) is 7.80. The smallest absolute Gasteiger partial charge is 0.142 e. The summed E-state index contributed by atoms with van der Waals surface area (Å²) >= 11 is 12.3. The van der Waals surface area contributed by atoms with Crippen LogP contribution in [0.4, 0.5) is 0 Å². The topological polar surface area (TPSA) is 21.3 Å². The van der Waals surface area contributed by atoms with Gasteiger partial charge in [0.1, 0.15) is 5.75 Å². The molecule has 2 nitrogen and oxygen atoms in total. The van der Waals surface area contributed by atoms with Crippen molar-refractivity contribution in [3.05, 3.63) is 27.7 Å². The van der Waals surface area contributed by atoms with Crippen LogP contribution in [0, 0.1) is 0 Å². The molecule has 1 aliphatic rings. The number of halogens is 2. The Bertz CT molecular complexity index is 417. The zero-order valence-corrected chi connectivity index (χ0v) is 12.9. The van der Waals surface area contributed by atoms with Crippen LogP contribution in [-0.2, 0) is 6.54 Å². The van der Waals surface area contributed by atoms with Gasteiger partial charge < -0.3 is 10.1 Å². The van der Waals surface area contributed by atoms with Crippen molar-refractivity contribution in [3.8, 4) is 5.75 Å². The van der Waals surface area contributed by atoms with Crippen molar-refractivity contribution in [2.75, 3.05) is 6.61 Å². The van der Waals surface area contributed by atoms with Crippen LogP contribution in [-0.4, -0.2) is 12.6 Å². The molecule has 19 heavy (non-hydrogen) atoms. The average molecular weight is 302 g/mol. The van der Waals surface area contributed by atoms with Gasteiger partial charge in [-0.3, -0.25) is 0 Å². The molecule has 0 saturated heterocycles. The van der Waals surface area contributed by atoms with Crippen molar-refractivity contribution in [3.63, 3.8) is 0 Å². The SMILES string of the molecule is CCOc1c(Cl)cc(Cl)cc1CNC1CCCCC1. The Kier molecular flexibility index (Phi) is 5.80. The monoisotopic (exact) mass is 301 g/mol. The highest BCUT2D eigenvalue weighted by Gasteiger charge is 2.15. The lowest BCUT2D eigenvalue weighted by Crippen LogP contribution is -2.30. The third-order valence-electron chi connectivity index (χ3n) is 3.56. The molecular weight excluding hydrogens is 281 g/mol. The fraction of sp³-hybridized carbons (Fsp3) is 0.600. The summed E-state index contributed by atoms with van der Waals surface area (Å²) in [5.41, 5.74) is 1.05. The largest absolute Gasteiger partial charge is 0.492 e. The van der Waals surface area contributed by atoms with Crippen molar-refractivity contribution in [2.24, 2.45) is 0 Å². The second-order valence-corrected chi connectivity index (χ2v) is 5.87. The summed E-state index contributed by atoms with van der Waals surface area (Å²) in [4.78, 5) is 0. The van der Waals surface area contributed by atoms with Crippen molar-refractivity contribution >= 4 is 23.2 Å². The van der Waals surface area contributed by atoms with Crippen molar-refractivity contribution in [2.45, 2.75) is 51.6 Å². The van der Waals surface area contributed by atoms with Gasteiger partial charge in [-0.2, -0.15) is 0 Å². The quantitative estimate of drug-likeness (QED) is 0.842. The lowest BCUT2D eigenvalue weighted by Gasteiger charge is -2.23. The zero-order valence-electron chi connectivity index (χ0n) is 11.3. The summed E-state index contributed by atoms with van der Waals surface area (Å²) < 4.78 is 5.63. The molecule has 0 amide bonds. The standard InChI is InChI=1S/C15H21Cl2NO/c1-2-19-15-11(8-12(16)9-14(15)17)10-18-13-6-4-3-5-7-13/h8-9,13,18H,2-7,10H2,1H3. The highest BCUT2D eigenvalue weighted by atomic mass is 35.5. The fourth-order valence-electron chi connectivity index (χ4n) is 2.61. The average Bonchev–Trinajstić information content (AvgIpc) is 2.41. The van der Waals surface area contributed by atoms with Gasteiger partial charge in [0.05, 0.1) is 11.6 Å². The second-order valence-electron chi connectivity index (χ2n) is 5.02. The van der Waals surface area contributed by atoms with Crippen molar-refractivity contribution in [1.82, 2.24) is 5.32 Å². The maximum Gasteiger partial charge on any atom is 0.142 e. The van der Waals surface area contributed by atoms with Crippen LogP contribution in [0.2, 0.25) is 10.0 Å². The molecule has 1 aromatic carbocycles. The van der Waals surface area contributed by atoms with Gasteiger partial charge >= 0.3 is 0 Å². The van der Waals surface area contributed by atoms with E-state index in [0.717, 1.165) is 17.9 Å². The van der Waals surface area contributed by atoms with Crippen LogP contribution in [0.25, 0.3) is 0 Å². The van der Waals surface area contributed by atoms with Gasteiger partial charge in [0.25, 0.3) is 0 Å². The van der Waals surface area contributed by atoms with Crippen LogP contribution in [0.1, 0.15) is 44.6 Å². The van der Waals surface area contributed by atoms with E-state index in [1.165, 1.54) is 32.1 Å². The van der Waals surface area contributed by atoms with Crippen molar-refractivity contribution < 1.29 is 4.74 Å². The van der Waals surface area contributed by atoms with E-state index in [1.807, 2.05) is 13.0 Å². The molecule has 1 N–H and O–H groups in total. The van der Waals surface area contributed by atoms with E-state index in [4.69, 9.17) is 27.9 Å². The summed E-state index contributed by atoms with van der Waals surface area (Å²) in [5, 5.41) is 4.85. The Hall–Kier alpha value is -0.440. The first-order chi connectivity index (χ1) is 9.20. The Morgan fingerprint density at radius 3 is 2.63 bits per heavy atom. The number of hydrogen-bond donors (Lipinski definition) is 1. The number of ether oxygens (including phenoxy) is 1. The van der Waals surface area contributed by atoms with E-state index in [1.54, 1.807) is 6.07 Å². The molecule has 1 aromatic rings. The minimum atomic E-state index is 0.592. The van der Waals surface area contributed by atoms with E-state index in [2.05, 4.69) is 5.32 Å². The highest BCUT2D eigenvalue weighted by Crippen LogP contribution is 2.32. The van der Waals surface area contributed by atoms with Gasteiger partial charge in [-0.15, -0.1) is 0 Å². The van der Waals surface area contributed by atoms with Crippen molar-refractivity contribution in [1.29, 1.82) is 0 Å². The van der Waals surface area contributed by atoms with Gasteiger partial charge in [0.15, 0.2) is 0 Å². The molecule has 4 heteroatoms. The van der Waals surface area contributed by atoms with Gasteiger partial charge in [-0.25, -0.2) is 0 Å². The third kappa shape index (κ3) is 4.27. The van der Waals surface area contributed by atoms with Crippen LogP contribution in [0.5, 0.6) is 5.75 Å². The lowest BCUT2D eigenvalue weighted by molar-refractivity contribution is 0.330.